The van der Waals surface area contributed by atoms with Crippen molar-refractivity contribution in [1.29, 1.82) is 0 Å². The summed E-state index contributed by atoms with van der Waals surface area (Å²) in [5.41, 5.74) is 2.14. The van der Waals surface area contributed by atoms with Crippen LogP contribution in [0.25, 0.3) is 0 Å². The van der Waals surface area contributed by atoms with E-state index in [2.05, 4.69) is 22.9 Å². The van der Waals surface area contributed by atoms with E-state index >= 15 is 0 Å². The van der Waals surface area contributed by atoms with Crippen molar-refractivity contribution >= 4 is 11.9 Å². The molecule has 0 amide bonds. The second-order valence-electron chi connectivity index (χ2n) is 4.20. The van der Waals surface area contributed by atoms with E-state index in [9.17, 15) is 0 Å². The Bertz CT molecular complexity index is 500. The molecule has 0 N–H and O–H groups in total. The fourth-order valence-electron chi connectivity index (χ4n) is 1.85. The van der Waals surface area contributed by atoms with Crippen molar-refractivity contribution in [1.82, 2.24) is 0 Å². The van der Waals surface area contributed by atoms with Gasteiger partial charge in [0.2, 0.25) is 0 Å². The van der Waals surface area contributed by atoms with Crippen LogP contribution in [0.5, 0.6) is 5.75 Å². The molecule has 1 aromatic carbocycles. The largest absolute Gasteiger partial charge is 0.497 e. The third kappa shape index (κ3) is 3.78. The van der Waals surface area contributed by atoms with E-state index in [0.29, 0.717) is 0 Å². The zero-order chi connectivity index (χ0) is 12.6. The maximum Gasteiger partial charge on any atom is 0.119 e. The van der Waals surface area contributed by atoms with Crippen LogP contribution in [-0.2, 0) is 0 Å². The molecule has 0 aliphatic heterocycles. The van der Waals surface area contributed by atoms with Crippen LogP contribution in [0.2, 0.25) is 0 Å². The average molecular weight is 239 g/mol. The van der Waals surface area contributed by atoms with Crippen LogP contribution >= 0.6 is 0 Å². The van der Waals surface area contributed by atoms with Crippen molar-refractivity contribution in [2.45, 2.75) is 25.7 Å². The lowest BCUT2D eigenvalue weighted by atomic mass is 10.0. The monoisotopic (exact) mass is 239 g/mol. The molecule has 2 rings (SSSR count). The molecule has 0 saturated heterocycles. The van der Waals surface area contributed by atoms with E-state index < -0.39 is 0 Å². The van der Waals surface area contributed by atoms with Crippen LogP contribution in [-0.4, -0.2) is 13.3 Å². The molecule has 2 heteroatoms. The summed E-state index contributed by atoms with van der Waals surface area (Å²) in [6.07, 6.45) is 8.74. The predicted octanol–water partition coefficient (Wildman–Crippen LogP) is 3.90. The molecule has 1 aliphatic carbocycles. The van der Waals surface area contributed by atoms with Gasteiger partial charge in [0.1, 0.15) is 5.75 Å². The predicted molar refractivity (Wildman–Crippen MR) is 75.5 cm³/mol. The standard InChI is InChI=1S/C16H17NO/c1-18-16-11-9-15(10-12-16)17-13-5-8-14-6-3-2-4-7-14/h6,9-13H,2-4,7H2,1H3. The topological polar surface area (TPSA) is 21.6 Å². The van der Waals surface area contributed by atoms with Gasteiger partial charge in [-0.2, -0.15) is 0 Å². The summed E-state index contributed by atoms with van der Waals surface area (Å²) >= 11 is 0. The minimum absolute atomic E-state index is 0.840. The van der Waals surface area contributed by atoms with Crippen molar-refractivity contribution in [3.8, 4) is 17.6 Å². The molecule has 0 aromatic heterocycles. The maximum atomic E-state index is 5.09. The molecule has 0 heterocycles. The SMILES string of the molecule is COc1ccc(N=CC#CC2=CCCCC2)cc1. The first-order chi connectivity index (χ1) is 8.88. The minimum atomic E-state index is 0.840. The summed E-state index contributed by atoms with van der Waals surface area (Å²) in [4.78, 5) is 4.28. The molecule has 1 aliphatic rings. The first-order valence-corrected chi connectivity index (χ1v) is 6.25. The summed E-state index contributed by atoms with van der Waals surface area (Å²) in [6.45, 7) is 0. The Hall–Kier alpha value is -2.01. The maximum absolute atomic E-state index is 5.09. The van der Waals surface area contributed by atoms with E-state index in [1.807, 2.05) is 24.3 Å². The Morgan fingerprint density at radius 2 is 2.06 bits per heavy atom. The van der Waals surface area contributed by atoms with Crippen molar-refractivity contribution in [3.63, 3.8) is 0 Å². The van der Waals surface area contributed by atoms with E-state index in [1.54, 1.807) is 13.3 Å². The highest BCUT2D eigenvalue weighted by molar-refractivity contribution is 5.81. The van der Waals surface area contributed by atoms with Crippen molar-refractivity contribution < 1.29 is 4.74 Å². The number of rotatable bonds is 2. The highest BCUT2D eigenvalue weighted by Crippen LogP contribution is 2.17. The molecule has 0 saturated carbocycles. The van der Waals surface area contributed by atoms with Gasteiger partial charge in [0.25, 0.3) is 0 Å². The molecule has 18 heavy (non-hydrogen) atoms. The van der Waals surface area contributed by atoms with Gasteiger partial charge in [0.15, 0.2) is 0 Å². The number of hydrogen-bond acceptors (Lipinski definition) is 2. The number of allylic oxidation sites excluding steroid dienone is 2. The Labute approximate surface area is 108 Å². The van der Waals surface area contributed by atoms with Crippen LogP contribution in [0.3, 0.4) is 0 Å². The molecular weight excluding hydrogens is 222 g/mol. The molecule has 2 nitrogen and oxygen atoms in total. The summed E-state index contributed by atoms with van der Waals surface area (Å²) in [7, 11) is 1.65. The smallest absolute Gasteiger partial charge is 0.119 e. The molecule has 0 unspecified atom stereocenters. The van der Waals surface area contributed by atoms with Crippen LogP contribution in [0, 0.1) is 11.8 Å². The third-order valence-electron chi connectivity index (χ3n) is 2.87. The molecule has 0 radical (unpaired) electrons. The number of ether oxygens (including phenoxy) is 1. The van der Waals surface area contributed by atoms with Gasteiger partial charge in [0.05, 0.1) is 19.0 Å². The molecule has 0 bridgehead atoms. The van der Waals surface area contributed by atoms with Crippen LogP contribution in [0.4, 0.5) is 5.69 Å². The Morgan fingerprint density at radius 3 is 2.72 bits per heavy atom. The number of nitrogens with zero attached hydrogens (tertiary/aromatic N) is 1. The fourth-order valence-corrected chi connectivity index (χ4v) is 1.85. The van der Waals surface area contributed by atoms with Crippen LogP contribution in [0.1, 0.15) is 25.7 Å². The molecule has 0 spiro atoms. The Balaban J connectivity index is 1.94. The van der Waals surface area contributed by atoms with Crippen molar-refractivity contribution in [2.24, 2.45) is 4.99 Å². The van der Waals surface area contributed by atoms with E-state index in [-0.39, 0.29) is 0 Å². The lowest BCUT2D eigenvalue weighted by molar-refractivity contribution is 0.415. The average Bonchev–Trinajstić information content (AvgIpc) is 2.45. The molecular formula is C16H17NO. The summed E-state index contributed by atoms with van der Waals surface area (Å²) < 4.78 is 5.09. The van der Waals surface area contributed by atoms with Crippen molar-refractivity contribution in [2.75, 3.05) is 7.11 Å². The molecule has 0 fully saturated rings. The fraction of sp³-hybridized carbons (Fsp3) is 0.312. The molecule has 1 aromatic rings. The quantitative estimate of drug-likeness (QED) is 0.566. The van der Waals surface area contributed by atoms with Crippen LogP contribution in [0.15, 0.2) is 40.9 Å². The Morgan fingerprint density at radius 1 is 1.22 bits per heavy atom. The number of hydrogen-bond donors (Lipinski definition) is 0. The first-order valence-electron chi connectivity index (χ1n) is 6.25. The minimum Gasteiger partial charge on any atom is -0.497 e. The first kappa shape index (κ1) is 12.4. The number of aliphatic imine (C=N–C) groups is 1. The van der Waals surface area contributed by atoms with E-state index in [1.165, 1.54) is 24.8 Å². The number of benzene rings is 1. The molecule has 92 valence electrons. The van der Waals surface area contributed by atoms with Gasteiger partial charge in [-0.25, -0.2) is 4.99 Å². The normalized spacial score (nSPS) is 14.8. The summed E-state index contributed by atoms with van der Waals surface area (Å²) in [6, 6.07) is 7.61. The zero-order valence-electron chi connectivity index (χ0n) is 10.6. The van der Waals surface area contributed by atoms with Gasteiger partial charge in [-0.15, -0.1) is 0 Å². The number of methoxy groups -OCH3 is 1. The van der Waals surface area contributed by atoms with Gasteiger partial charge in [-0.05, 0) is 61.4 Å². The summed E-state index contributed by atoms with van der Waals surface area (Å²) in [5, 5.41) is 0. The second-order valence-corrected chi connectivity index (χ2v) is 4.20. The zero-order valence-corrected chi connectivity index (χ0v) is 10.6. The van der Waals surface area contributed by atoms with E-state index in [4.69, 9.17) is 4.74 Å². The second kappa shape index (κ2) is 6.66. The summed E-state index contributed by atoms with van der Waals surface area (Å²) in [5.74, 6) is 6.98. The van der Waals surface area contributed by atoms with E-state index in [0.717, 1.165) is 17.9 Å². The highest BCUT2D eigenvalue weighted by atomic mass is 16.5. The van der Waals surface area contributed by atoms with Gasteiger partial charge < -0.3 is 4.74 Å². The highest BCUT2D eigenvalue weighted by Gasteiger charge is 1.98. The molecule has 0 atom stereocenters. The van der Waals surface area contributed by atoms with Gasteiger partial charge >= 0.3 is 0 Å². The van der Waals surface area contributed by atoms with Crippen molar-refractivity contribution in [3.05, 3.63) is 35.9 Å². The van der Waals surface area contributed by atoms with Gasteiger partial charge in [0, 0.05) is 0 Å². The van der Waals surface area contributed by atoms with Crippen LogP contribution < -0.4 is 4.74 Å². The van der Waals surface area contributed by atoms with Gasteiger partial charge in [-0.3, -0.25) is 0 Å². The third-order valence-corrected chi connectivity index (χ3v) is 2.87. The van der Waals surface area contributed by atoms with Gasteiger partial charge in [-0.1, -0.05) is 12.0 Å². The lowest BCUT2D eigenvalue weighted by Crippen LogP contribution is -1.88. The lowest BCUT2D eigenvalue weighted by Gasteiger charge is -2.05. The Kier molecular flexibility index (Phi) is 4.60.